The number of benzene rings is 1. The van der Waals surface area contributed by atoms with E-state index in [1.165, 1.54) is 9.08 Å². The second-order valence-electron chi connectivity index (χ2n) is 11.8. The van der Waals surface area contributed by atoms with E-state index in [0.717, 1.165) is 12.0 Å². The van der Waals surface area contributed by atoms with Crippen molar-refractivity contribution < 1.29 is 14.6 Å². The maximum atomic E-state index is 13.2. The monoisotopic (exact) mass is 690 g/mol. The van der Waals surface area contributed by atoms with Crippen LogP contribution in [0, 0.1) is 0 Å². The highest BCUT2D eigenvalue weighted by Crippen LogP contribution is 2.41. The number of methoxy groups -OCH3 is 1. The molecule has 0 saturated carbocycles. The Balaban J connectivity index is 1.28. The lowest BCUT2D eigenvalue weighted by Crippen LogP contribution is -2.35. The molecule has 1 aromatic carbocycles. The van der Waals surface area contributed by atoms with Crippen molar-refractivity contribution in [3.8, 4) is 39.5 Å². The fourth-order valence-electron chi connectivity index (χ4n) is 5.78. The minimum absolute atomic E-state index is 0.0876. The standard InChI is InChI=1S/C34H36Cl2N8O4/c1-19(45)14-37-17-28-42-44-18-21(13-27(44)34(47)43(28)2)32-31(36)24(11-12-39-32)23-5-4-6-25(30(23)35)26-9-7-20(33(41-26)48-3)15-38-16-22-8-10-29(46)40-22/h4-7,9,11-13,18-19,22,37-38,45H,8,10,14-17H2,1-3H3,(H,40,46)/t19?,22-/m0/s1. The van der Waals surface area contributed by atoms with Crippen molar-refractivity contribution in [1.29, 1.82) is 0 Å². The van der Waals surface area contributed by atoms with Gasteiger partial charge in [0.2, 0.25) is 11.8 Å². The zero-order valence-corrected chi connectivity index (χ0v) is 28.3. The first kappa shape index (κ1) is 33.6. The van der Waals surface area contributed by atoms with Gasteiger partial charge in [0.25, 0.3) is 5.56 Å². The Morgan fingerprint density at radius 1 is 1.08 bits per heavy atom. The lowest BCUT2D eigenvalue weighted by Gasteiger charge is -2.15. The molecule has 4 N–H and O–H groups in total. The van der Waals surface area contributed by atoms with E-state index in [1.807, 2.05) is 30.3 Å². The summed E-state index contributed by atoms with van der Waals surface area (Å²) in [5, 5.41) is 24.4. The Kier molecular flexibility index (Phi) is 10.1. The molecular formula is C34H36Cl2N8O4. The van der Waals surface area contributed by atoms with Crippen molar-refractivity contribution in [2.75, 3.05) is 20.2 Å². The van der Waals surface area contributed by atoms with Crippen molar-refractivity contribution in [2.45, 2.75) is 45.0 Å². The zero-order valence-electron chi connectivity index (χ0n) is 26.8. The molecule has 250 valence electrons. The highest BCUT2D eigenvalue weighted by atomic mass is 35.5. The van der Waals surface area contributed by atoms with Crippen LogP contribution in [0.2, 0.25) is 10.0 Å². The van der Waals surface area contributed by atoms with Crippen LogP contribution in [0.3, 0.4) is 0 Å². The molecule has 1 unspecified atom stereocenters. The quantitative estimate of drug-likeness (QED) is 0.153. The topological polar surface area (TPSA) is 148 Å². The van der Waals surface area contributed by atoms with Gasteiger partial charge in [-0.2, -0.15) is 5.10 Å². The summed E-state index contributed by atoms with van der Waals surface area (Å²) < 4.78 is 8.63. The van der Waals surface area contributed by atoms with Gasteiger partial charge in [-0.15, -0.1) is 0 Å². The van der Waals surface area contributed by atoms with Crippen molar-refractivity contribution in [2.24, 2.45) is 7.05 Å². The molecule has 1 aliphatic rings. The number of pyridine rings is 2. The average molecular weight is 692 g/mol. The number of carbonyl (C=O) groups is 1. The van der Waals surface area contributed by atoms with E-state index < -0.39 is 6.10 Å². The van der Waals surface area contributed by atoms with Crippen LogP contribution in [0.15, 0.2) is 59.7 Å². The van der Waals surface area contributed by atoms with Crippen LogP contribution in [-0.4, -0.2) is 67.5 Å². The molecule has 6 rings (SSSR count). The number of amides is 1. The van der Waals surface area contributed by atoms with Gasteiger partial charge in [-0.3, -0.25) is 19.1 Å². The molecule has 5 heterocycles. The number of nitrogens with one attached hydrogen (secondary N) is 3. The summed E-state index contributed by atoms with van der Waals surface area (Å²) in [6.45, 7) is 3.56. The number of rotatable bonds is 12. The summed E-state index contributed by atoms with van der Waals surface area (Å²) in [5.41, 5.74) is 4.83. The molecule has 1 saturated heterocycles. The van der Waals surface area contributed by atoms with Gasteiger partial charge in [0.1, 0.15) is 11.3 Å². The van der Waals surface area contributed by atoms with Gasteiger partial charge in [0, 0.05) is 79.4 Å². The van der Waals surface area contributed by atoms with Crippen molar-refractivity contribution in [3.63, 3.8) is 0 Å². The van der Waals surface area contributed by atoms with Gasteiger partial charge in [0.05, 0.1) is 41.2 Å². The van der Waals surface area contributed by atoms with E-state index in [2.05, 4.69) is 26.0 Å². The molecule has 0 bridgehead atoms. The smallest absolute Gasteiger partial charge is 0.277 e. The Bertz CT molecular complexity index is 2040. The Hall–Kier alpha value is -4.33. The first-order valence-corrected chi connectivity index (χ1v) is 16.3. The minimum Gasteiger partial charge on any atom is -0.481 e. The number of aliphatic hydroxyl groups excluding tert-OH is 1. The molecule has 0 aliphatic carbocycles. The normalized spacial score (nSPS) is 15.2. The molecule has 48 heavy (non-hydrogen) atoms. The van der Waals surface area contributed by atoms with Gasteiger partial charge in [0.15, 0.2) is 0 Å². The summed E-state index contributed by atoms with van der Waals surface area (Å²) in [7, 11) is 3.24. The molecule has 1 fully saturated rings. The van der Waals surface area contributed by atoms with Gasteiger partial charge in [-0.05, 0) is 31.5 Å². The first-order chi connectivity index (χ1) is 23.1. The SMILES string of the molecule is COc1nc(-c2cccc(-c3ccnc(-c4cc5c(=O)n(C)c(CNCC(C)O)nn5c4)c3Cl)c2Cl)ccc1CNC[C@@H]1CCC(=O)N1. The number of aliphatic hydroxyl groups is 1. The fraction of sp³-hybridized carbons (Fsp3) is 0.324. The van der Waals surface area contributed by atoms with E-state index in [4.69, 9.17) is 32.9 Å². The van der Waals surface area contributed by atoms with Crippen molar-refractivity contribution in [1.82, 2.24) is 40.1 Å². The van der Waals surface area contributed by atoms with Gasteiger partial charge in [-0.25, -0.2) is 9.50 Å². The van der Waals surface area contributed by atoms with Crippen LogP contribution >= 0.6 is 23.2 Å². The minimum atomic E-state index is -0.523. The summed E-state index contributed by atoms with van der Waals surface area (Å²) in [5.74, 6) is 1.08. The maximum absolute atomic E-state index is 13.2. The first-order valence-electron chi connectivity index (χ1n) is 15.6. The summed E-state index contributed by atoms with van der Waals surface area (Å²) in [6, 6.07) is 13.2. The molecule has 12 nitrogen and oxygen atoms in total. The molecule has 1 amide bonds. The highest BCUT2D eigenvalue weighted by molar-refractivity contribution is 6.39. The maximum Gasteiger partial charge on any atom is 0.277 e. The third-order valence-corrected chi connectivity index (χ3v) is 9.10. The number of halogens is 2. The Labute approximate surface area is 287 Å². The number of nitrogens with zero attached hydrogens (tertiary/aromatic N) is 5. The Morgan fingerprint density at radius 3 is 2.62 bits per heavy atom. The average Bonchev–Trinajstić information content (AvgIpc) is 3.69. The number of hydrogen-bond acceptors (Lipinski definition) is 9. The molecule has 0 radical (unpaired) electrons. The Morgan fingerprint density at radius 2 is 1.88 bits per heavy atom. The van der Waals surface area contributed by atoms with Crippen molar-refractivity contribution >= 4 is 34.6 Å². The number of fused-ring (bicyclic) bond motifs is 1. The third kappa shape index (κ3) is 6.94. The lowest BCUT2D eigenvalue weighted by molar-refractivity contribution is -0.119. The van der Waals surface area contributed by atoms with Gasteiger partial charge >= 0.3 is 0 Å². The lowest BCUT2D eigenvalue weighted by atomic mass is 10.00. The van der Waals surface area contributed by atoms with Crippen LogP contribution in [-0.2, 0) is 24.9 Å². The summed E-state index contributed by atoms with van der Waals surface area (Å²) in [4.78, 5) is 34.0. The fourth-order valence-corrected chi connectivity index (χ4v) is 6.43. The third-order valence-electron chi connectivity index (χ3n) is 8.31. The van der Waals surface area contributed by atoms with E-state index in [0.29, 0.717) is 93.5 Å². The molecule has 14 heteroatoms. The van der Waals surface area contributed by atoms with Crippen molar-refractivity contribution in [3.05, 3.63) is 86.6 Å². The predicted octanol–water partition coefficient (Wildman–Crippen LogP) is 3.98. The van der Waals surface area contributed by atoms with Crippen LogP contribution in [0.4, 0.5) is 0 Å². The number of carbonyl (C=O) groups excluding carboxylic acids is 1. The highest BCUT2D eigenvalue weighted by Gasteiger charge is 2.21. The largest absolute Gasteiger partial charge is 0.481 e. The number of hydrogen-bond donors (Lipinski definition) is 4. The van der Waals surface area contributed by atoms with E-state index in [1.54, 1.807) is 45.6 Å². The second kappa shape index (κ2) is 14.4. The van der Waals surface area contributed by atoms with Crippen LogP contribution in [0.25, 0.3) is 39.2 Å². The molecule has 1 aliphatic heterocycles. The van der Waals surface area contributed by atoms with E-state index in [-0.39, 0.29) is 17.5 Å². The van der Waals surface area contributed by atoms with E-state index in [9.17, 15) is 14.7 Å². The molecule has 5 aromatic rings. The van der Waals surface area contributed by atoms with Crippen LogP contribution in [0.5, 0.6) is 5.88 Å². The number of ether oxygens (including phenoxy) is 1. The number of aromatic nitrogens is 5. The van der Waals surface area contributed by atoms with Gasteiger partial charge < -0.3 is 25.8 Å². The summed E-state index contributed by atoms with van der Waals surface area (Å²) >= 11 is 14.1. The van der Waals surface area contributed by atoms with Gasteiger partial charge in [-0.1, -0.05) is 47.5 Å². The zero-order chi connectivity index (χ0) is 33.9. The van der Waals surface area contributed by atoms with E-state index >= 15 is 0 Å². The van der Waals surface area contributed by atoms with Crippen LogP contribution in [0.1, 0.15) is 31.2 Å². The molecular weight excluding hydrogens is 655 g/mol. The predicted molar refractivity (Wildman–Crippen MR) is 185 cm³/mol. The molecule has 0 spiro atoms. The second-order valence-corrected chi connectivity index (χ2v) is 12.6. The molecule has 2 atom stereocenters. The summed E-state index contributed by atoms with van der Waals surface area (Å²) in [6.07, 6.45) is 4.24. The molecule has 4 aromatic heterocycles. The van der Waals surface area contributed by atoms with Crippen LogP contribution < -0.4 is 26.2 Å².